The van der Waals surface area contributed by atoms with Gasteiger partial charge in [-0.15, -0.1) is 0 Å². The van der Waals surface area contributed by atoms with Crippen molar-refractivity contribution in [3.63, 3.8) is 0 Å². The van der Waals surface area contributed by atoms with E-state index in [1.165, 1.54) is 6.92 Å². The van der Waals surface area contributed by atoms with E-state index in [1.54, 1.807) is 12.1 Å². The highest BCUT2D eigenvalue weighted by Gasteiger charge is 2.15. The van der Waals surface area contributed by atoms with E-state index in [0.717, 1.165) is 5.56 Å². The van der Waals surface area contributed by atoms with E-state index in [2.05, 4.69) is 5.32 Å². The van der Waals surface area contributed by atoms with Crippen molar-refractivity contribution >= 4 is 11.7 Å². The molecule has 0 spiro atoms. The van der Waals surface area contributed by atoms with E-state index in [4.69, 9.17) is 1.37 Å². The molecule has 0 bridgehead atoms. The molecule has 0 aromatic heterocycles. The third-order valence-corrected chi connectivity index (χ3v) is 2.71. The van der Waals surface area contributed by atoms with Crippen LogP contribution in [0.15, 0.2) is 24.3 Å². The van der Waals surface area contributed by atoms with Crippen molar-refractivity contribution < 1.29 is 11.0 Å². The quantitative estimate of drug-likeness (QED) is 0.886. The van der Waals surface area contributed by atoms with Crippen molar-refractivity contribution in [1.29, 1.82) is 0 Å². The van der Waals surface area contributed by atoms with Gasteiger partial charge in [0.2, 0.25) is 0 Å². The molecule has 0 heterocycles. The summed E-state index contributed by atoms with van der Waals surface area (Å²) in [5.41, 5.74) is 1.59. The van der Waals surface area contributed by atoms with Crippen molar-refractivity contribution in [3.8, 4) is 0 Å². The third kappa shape index (κ3) is 5.69. The molecule has 0 aliphatic carbocycles. The second kappa shape index (κ2) is 9.31. The molecule has 1 aromatic carbocycles. The second-order valence-electron chi connectivity index (χ2n) is 3.99. The van der Waals surface area contributed by atoms with Crippen LogP contribution in [0.5, 0.6) is 0 Å². The number of carbonyl (C=O) groups excluding carboxylic acids is 2. The van der Waals surface area contributed by atoms with Crippen LogP contribution in [-0.4, -0.2) is 17.7 Å². The number of hydrogen-bond donors (Lipinski definition) is 1. The molecule has 0 radical (unpaired) electrons. The first kappa shape index (κ1) is 15.4. The number of benzene rings is 1. The van der Waals surface area contributed by atoms with Gasteiger partial charge >= 0.3 is 0 Å². The molecule has 0 unspecified atom stereocenters. The maximum absolute atomic E-state index is 11.9. The van der Waals surface area contributed by atoms with Gasteiger partial charge in [0.1, 0.15) is 0 Å². The number of hydrogen-bond acceptors (Lipinski definition) is 2. The van der Waals surface area contributed by atoms with E-state index in [-0.39, 0.29) is 11.7 Å². The summed E-state index contributed by atoms with van der Waals surface area (Å²) in [7, 11) is 0. The van der Waals surface area contributed by atoms with Crippen LogP contribution < -0.4 is 5.32 Å². The number of nitrogens with one attached hydrogen (secondary N) is 1. The summed E-state index contributed by atoms with van der Waals surface area (Å²) >= 11 is 0. The topological polar surface area (TPSA) is 46.2 Å². The summed E-state index contributed by atoms with van der Waals surface area (Å²) in [4.78, 5) is 23.1. The lowest BCUT2D eigenvalue weighted by Crippen LogP contribution is -2.39. The van der Waals surface area contributed by atoms with Gasteiger partial charge in [-0.2, -0.15) is 0 Å². The number of carbonyl (C=O) groups is 2. The summed E-state index contributed by atoms with van der Waals surface area (Å²) in [5, 5.41) is 2.71. The summed E-state index contributed by atoms with van der Waals surface area (Å²) in [5.74, 6) is -0.258. The maximum Gasteiger partial charge on any atom is 0.251 e. The lowest BCUT2D eigenvalue weighted by atomic mass is 10.1. The molecule has 1 atom stereocenters. The fourth-order valence-electron chi connectivity index (χ4n) is 1.56. The van der Waals surface area contributed by atoms with Crippen molar-refractivity contribution in [2.45, 2.75) is 53.5 Å². The SMILES string of the molecule is CC.[2H]CCc1ccc(C(=O)N[C@@H](CC)C(C)=O)cc1. The van der Waals surface area contributed by atoms with Crippen molar-refractivity contribution in [1.82, 2.24) is 5.32 Å². The summed E-state index contributed by atoms with van der Waals surface area (Å²) in [6, 6.07) is 6.74. The second-order valence-corrected chi connectivity index (χ2v) is 3.99. The van der Waals surface area contributed by atoms with E-state index >= 15 is 0 Å². The molecule has 1 amide bonds. The lowest BCUT2D eigenvalue weighted by Gasteiger charge is -2.13. The minimum Gasteiger partial charge on any atom is -0.342 e. The Balaban J connectivity index is 0.00000172. The molecule has 1 rings (SSSR count). The molecule has 1 N–H and O–H groups in total. The Morgan fingerprint density at radius 3 is 2.26 bits per heavy atom. The fourth-order valence-corrected chi connectivity index (χ4v) is 1.56. The normalized spacial score (nSPS) is 11.7. The predicted molar refractivity (Wildman–Crippen MR) is 79.4 cm³/mol. The molecule has 0 fully saturated rings. The van der Waals surface area contributed by atoms with Gasteiger partial charge in [0.05, 0.1) is 6.04 Å². The molecular weight excluding hydrogens is 238 g/mol. The number of rotatable bonds is 5. The summed E-state index contributed by atoms with van der Waals surface area (Å²) in [6.45, 7) is 7.68. The molecule has 3 nitrogen and oxygen atoms in total. The van der Waals surface area contributed by atoms with Crippen LogP contribution in [0.3, 0.4) is 0 Å². The molecular formula is C16H25NO2. The molecule has 0 saturated carbocycles. The highest BCUT2D eigenvalue weighted by Crippen LogP contribution is 2.06. The van der Waals surface area contributed by atoms with Crippen molar-refractivity contribution in [2.75, 3.05) is 0 Å². The zero-order chi connectivity index (χ0) is 15.5. The van der Waals surface area contributed by atoms with Gasteiger partial charge in [0, 0.05) is 6.93 Å². The standard InChI is InChI=1S/C14H19NO2.C2H6/c1-4-11-6-8-12(9-7-11)14(17)15-13(5-2)10(3)16;1-2/h6-9,13H,4-5H2,1-3H3,(H,15,17);1-2H3/t13-;/m0./s1/i1D;. The first-order valence-electron chi connectivity index (χ1n) is 7.48. The van der Waals surface area contributed by atoms with E-state index in [0.29, 0.717) is 25.3 Å². The first-order chi connectivity index (χ1) is 9.58. The van der Waals surface area contributed by atoms with Gasteiger partial charge < -0.3 is 5.32 Å². The predicted octanol–water partition coefficient (Wildman–Crippen LogP) is 3.37. The summed E-state index contributed by atoms with van der Waals surface area (Å²) < 4.78 is 7.13. The minimum atomic E-state index is -0.412. The highest BCUT2D eigenvalue weighted by atomic mass is 16.2. The highest BCUT2D eigenvalue weighted by molar-refractivity contribution is 5.97. The molecule has 3 heteroatoms. The average Bonchev–Trinajstić information content (AvgIpc) is 2.47. The van der Waals surface area contributed by atoms with Crippen LogP contribution in [0.25, 0.3) is 0 Å². The number of amides is 1. The lowest BCUT2D eigenvalue weighted by molar-refractivity contribution is -0.118. The Kier molecular flexibility index (Phi) is 7.56. The molecule has 0 aliphatic heterocycles. The molecule has 0 saturated heterocycles. The van der Waals surface area contributed by atoms with E-state index < -0.39 is 6.04 Å². The van der Waals surface area contributed by atoms with Crippen LogP contribution in [0.1, 0.15) is 58.3 Å². The number of aryl methyl sites for hydroxylation is 1. The first-order valence-corrected chi connectivity index (χ1v) is 6.78. The fraction of sp³-hybridized carbons (Fsp3) is 0.500. The Morgan fingerprint density at radius 2 is 1.84 bits per heavy atom. The molecule has 19 heavy (non-hydrogen) atoms. The Hall–Kier alpha value is -1.64. The zero-order valence-corrected chi connectivity index (χ0v) is 12.3. The van der Waals surface area contributed by atoms with Crippen LogP contribution in [0.4, 0.5) is 0 Å². The Bertz CT molecular complexity index is 415. The number of Topliss-reactive ketones (excluding diaryl/α,β-unsaturated/α-hetero) is 1. The van der Waals surface area contributed by atoms with Crippen LogP contribution in [0, 0.1) is 0 Å². The zero-order valence-electron chi connectivity index (χ0n) is 13.3. The van der Waals surface area contributed by atoms with E-state index in [9.17, 15) is 9.59 Å². The largest absolute Gasteiger partial charge is 0.342 e. The summed E-state index contributed by atoms with van der Waals surface area (Å²) in [6.07, 6.45) is 1.28. The third-order valence-electron chi connectivity index (χ3n) is 2.71. The van der Waals surface area contributed by atoms with Gasteiger partial charge in [0.25, 0.3) is 5.91 Å². The van der Waals surface area contributed by atoms with Gasteiger partial charge in [-0.1, -0.05) is 39.8 Å². The smallest absolute Gasteiger partial charge is 0.251 e. The van der Waals surface area contributed by atoms with Crippen LogP contribution in [-0.2, 0) is 11.2 Å². The van der Waals surface area contributed by atoms with E-state index in [1.807, 2.05) is 32.9 Å². The van der Waals surface area contributed by atoms with Gasteiger partial charge in [-0.25, -0.2) is 0 Å². The van der Waals surface area contributed by atoms with Crippen LogP contribution >= 0.6 is 0 Å². The molecule has 0 aliphatic rings. The van der Waals surface area contributed by atoms with Gasteiger partial charge in [-0.3, -0.25) is 9.59 Å². The minimum absolute atomic E-state index is 0.0309. The maximum atomic E-state index is 11.9. The Labute approximate surface area is 117 Å². The van der Waals surface area contributed by atoms with Gasteiger partial charge in [0.15, 0.2) is 5.78 Å². The Morgan fingerprint density at radius 1 is 1.26 bits per heavy atom. The van der Waals surface area contributed by atoms with Crippen LogP contribution in [0.2, 0.25) is 0 Å². The molecule has 1 aromatic rings. The van der Waals surface area contributed by atoms with Gasteiger partial charge in [-0.05, 0) is 37.5 Å². The molecule has 106 valence electrons. The van der Waals surface area contributed by atoms with Crippen molar-refractivity contribution in [2.24, 2.45) is 0 Å². The monoisotopic (exact) mass is 264 g/mol. The average molecular weight is 264 g/mol. The number of ketones is 1. The van der Waals surface area contributed by atoms with Crippen molar-refractivity contribution in [3.05, 3.63) is 35.4 Å².